The first-order chi connectivity index (χ1) is 17.1. The Morgan fingerprint density at radius 1 is 1.17 bits per heavy atom. The fourth-order valence-corrected chi connectivity index (χ4v) is 4.37. The zero-order valence-corrected chi connectivity index (χ0v) is 20.0. The molecule has 8 nitrogen and oxygen atoms in total. The second-order valence-corrected chi connectivity index (χ2v) is 8.60. The van der Waals surface area contributed by atoms with Crippen LogP contribution < -0.4 is 4.74 Å². The molecule has 0 bridgehead atoms. The third-order valence-electron chi connectivity index (χ3n) is 6.16. The summed E-state index contributed by atoms with van der Waals surface area (Å²) in [4.78, 5) is 30.2. The number of hydrogen-bond acceptors (Lipinski definition) is 7. The van der Waals surface area contributed by atoms with E-state index in [4.69, 9.17) is 13.9 Å². The standard InChI is InChI=1S/C27H32N2O6/c1-2-16-34-22-8-6-20(7-9-22)25-24(23(30)11-10-21-5-3-17-35-21)26(31)27(32)29(25)13-4-12-28-14-18-33-19-15-28/h3,5-11,17,25,31H,2,4,12-16,18-19H2,1H3/b11-10+/t25-/m1/s1. The number of hydrogen-bond donors (Lipinski definition) is 1. The molecule has 1 N–H and O–H groups in total. The van der Waals surface area contributed by atoms with Gasteiger partial charge < -0.3 is 23.9 Å². The van der Waals surface area contributed by atoms with Crippen molar-refractivity contribution in [3.05, 3.63) is 71.4 Å². The Balaban J connectivity index is 1.56. The Bertz CT molecular complexity index is 1050. The van der Waals surface area contributed by atoms with Crippen LogP contribution in [0.5, 0.6) is 5.75 Å². The summed E-state index contributed by atoms with van der Waals surface area (Å²) in [7, 11) is 0. The van der Waals surface area contributed by atoms with Gasteiger partial charge >= 0.3 is 0 Å². The molecule has 8 heteroatoms. The lowest BCUT2D eigenvalue weighted by Gasteiger charge is -2.30. The van der Waals surface area contributed by atoms with Gasteiger partial charge in [-0.3, -0.25) is 14.5 Å². The second kappa shape index (κ2) is 11.9. The normalized spacial score (nSPS) is 19.2. The molecular formula is C27H32N2O6. The number of amides is 1. The van der Waals surface area contributed by atoms with Crippen LogP contribution in [0, 0.1) is 0 Å². The third-order valence-corrected chi connectivity index (χ3v) is 6.16. The van der Waals surface area contributed by atoms with Crippen molar-refractivity contribution in [2.75, 3.05) is 46.0 Å². The van der Waals surface area contributed by atoms with Gasteiger partial charge in [0, 0.05) is 26.2 Å². The van der Waals surface area contributed by atoms with Crippen LogP contribution in [-0.2, 0) is 14.3 Å². The highest BCUT2D eigenvalue weighted by Crippen LogP contribution is 2.38. The molecule has 1 amide bonds. The molecule has 2 aliphatic rings. The van der Waals surface area contributed by atoms with E-state index in [2.05, 4.69) is 4.90 Å². The summed E-state index contributed by atoms with van der Waals surface area (Å²) in [5.74, 6) is -0.226. The van der Waals surface area contributed by atoms with E-state index in [0.29, 0.717) is 32.1 Å². The number of carbonyl (C=O) groups is 2. The summed E-state index contributed by atoms with van der Waals surface area (Å²) in [5, 5.41) is 10.8. The van der Waals surface area contributed by atoms with Gasteiger partial charge in [0.05, 0.1) is 37.7 Å². The van der Waals surface area contributed by atoms with Gasteiger partial charge in [0.15, 0.2) is 11.5 Å². The monoisotopic (exact) mass is 480 g/mol. The molecule has 1 saturated heterocycles. The summed E-state index contributed by atoms with van der Waals surface area (Å²) in [6.07, 6.45) is 6.00. The summed E-state index contributed by atoms with van der Waals surface area (Å²) in [6, 6.07) is 10.1. The van der Waals surface area contributed by atoms with Crippen LogP contribution in [-0.4, -0.2) is 72.6 Å². The molecule has 2 aromatic rings. The van der Waals surface area contributed by atoms with E-state index in [-0.39, 0.29) is 5.57 Å². The molecule has 1 fully saturated rings. The summed E-state index contributed by atoms with van der Waals surface area (Å²) in [6.45, 7) is 7.01. The van der Waals surface area contributed by atoms with Crippen LogP contribution in [0.2, 0.25) is 0 Å². The van der Waals surface area contributed by atoms with Crippen LogP contribution >= 0.6 is 0 Å². The van der Waals surface area contributed by atoms with Crippen LogP contribution in [0.1, 0.15) is 37.1 Å². The average Bonchev–Trinajstić information content (AvgIpc) is 3.49. The van der Waals surface area contributed by atoms with E-state index in [0.717, 1.165) is 43.8 Å². The predicted molar refractivity (Wildman–Crippen MR) is 131 cm³/mol. The molecule has 4 rings (SSSR count). The fourth-order valence-electron chi connectivity index (χ4n) is 4.37. The number of aliphatic hydroxyl groups is 1. The molecule has 2 aliphatic heterocycles. The average molecular weight is 481 g/mol. The molecule has 0 spiro atoms. The molecule has 0 aliphatic carbocycles. The first-order valence-corrected chi connectivity index (χ1v) is 12.1. The van der Waals surface area contributed by atoms with Gasteiger partial charge in [-0.2, -0.15) is 0 Å². The van der Waals surface area contributed by atoms with Crippen molar-refractivity contribution in [3.8, 4) is 5.75 Å². The zero-order valence-electron chi connectivity index (χ0n) is 20.0. The maximum absolute atomic E-state index is 13.2. The van der Waals surface area contributed by atoms with Crippen LogP contribution in [0.15, 0.2) is 64.5 Å². The minimum absolute atomic E-state index is 0.0754. The largest absolute Gasteiger partial charge is 0.503 e. The highest BCUT2D eigenvalue weighted by Gasteiger charge is 2.42. The third kappa shape index (κ3) is 6.01. The number of nitrogens with zero attached hydrogens (tertiary/aromatic N) is 2. The quantitative estimate of drug-likeness (QED) is 0.490. The van der Waals surface area contributed by atoms with Gasteiger partial charge in [-0.15, -0.1) is 0 Å². The Hall–Kier alpha value is -3.36. The van der Waals surface area contributed by atoms with Gasteiger partial charge in [0.25, 0.3) is 5.91 Å². The van der Waals surface area contributed by atoms with E-state index in [9.17, 15) is 14.7 Å². The number of carbonyl (C=O) groups excluding carboxylic acids is 2. The summed E-state index contributed by atoms with van der Waals surface area (Å²) < 4.78 is 16.3. The number of aliphatic hydroxyl groups excluding tert-OH is 1. The Morgan fingerprint density at radius 3 is 2.63 bits per heavy atom. The lowest BCUT2D eigenvalue weighted by Crippen LogP contribution is -2.39. The number of ketones is 1. The molecule has 3 heterocycles. The van der Waals surface area contributed by atoms with Crippen molar-refractivity contribution in [2.24, 2.45) is 0 Å². The van der Waals surface area contributed by atoms with E-state index < -0.39 is 23.5 Å². The molecule has 1 atom stereocenters. The lowest BCUT2D eigenvalue weighted by atomic mass is 9.95. The fraction of sp³-hybridized carbons (Fsp3) is 0.407. The van der Waals surface area contributed by atoms with Gasteiger partial charge in [-0.05, 0) is 54.8 Å². The molecule has 0 radical (unpaired) electrons. The van der Waals surface area contributed by atoms with Crippen molar-refractivity contribution in [1.82, 2.24) is 9.80 Å². The van der Waals surface area contributed by atoms with E-state index in [1.54, 1.807) is 17.0 Å². The van der Waals surface area contributed by atoms with E-state index in [1.807, 2.05) is 31.2 Å². The van der Waals surface area contributed by atoms with E-state index >= 15 is 0 Å². The van der Waals surface area contributed by atoms with Crippen molar-refractivity contribution in [1.29, 1.82) is 0 Å². The number of ether oxygens (including phenoxy) is 2. The number of benzene rings is 1. The number of morpholine rings is 1. The van der Waals surface area contributed by atoms with Gasteiger partial charge in [0.1, 0.15) is 11.5 Å². The lowest BCUT2D eigenvalue weighted by molar-refractivity contribution is -0.129. The molecule has 1 aromatic carbocycles. The van der Waals surface area contributed by atoms with Crippen molar-refractivity contribution >= 4 is 17.8 Å². The van der Waals surface area contributed by atoms with E-state index in [1.165, 1.54) is 18.4 Å². The summed E-state index contributed by atoms with van der Waals surface area (Å²) in [5.41, 5.74) is 0.818. The summed E-state index contributed by atoms with van der Waals surface area (Å²) >= 11 is 0. The first-order valence-electron chi connectivity index (χ1n) is 12.1. The van der Waals surface area contributed by atoms with Gasteiger partial charge in [-0.1, -0.05) is 19.1 Å². The molecule has 186 valence electrons. The first kappa shape index (κ1) is 24.8. The second-order valence-electron chi connectivity index (χ2n) is 8.60. The molecule has 1 aromatic heterocycles. The highest BCUT2D eigenvalue weighted by molar-refractivity contribution is 6.14. The van der Waals surface area contributed by atoms with Crippen molar-refractivity contribution in [3.63, 3.8) is 0 Å². The smallest absolute Gasteiger partial charge is 0.290 e. The topological polar surface area (TPSA) is 92.5 Å². The van der Waals surface area contributed by atoms with Crippen LogP contribution in [0.25, 0.3) is 6.08 Å². The van der Waals surface area contributed by atoms with Crippen molar-refractivity contribution < 1.29 is 28.6 Å². The van der Waals surface area contributed by atoms with Gasteiger partial charge in [0.2, 0.25) is 0 Å². The maximum Gasteiger partial charge on any atom is 0.290 e. The SMILES string of the molecule is CCCOc1ccc([C@@H]2C(C(=O)/C=C/c3ccco3)=C(O)C(=O)N2CCCN2CCOCC2)cc1. The Morgan fingerprint density at radius 2 is 1.94 bits per heavy atom. The van der Waals surface area contributed by atoms with Crippen LogP contribution in [0.4, 0.5) is 0 Å². The molecular weight excluding hydrogens is 448 g/mol. The van der Waals surface area contributed by atoms with Crippen LogP contribution in [0.3, 0.4) is 0 Å². The Kier molecular flexibility index (Phi) is 8.39. The minimum atomic E-state index is -0.679. The maximum atomic E-state index is 13.2. The predicted octanol–water partition coefficient (Wildman–Crippen LogP) is 3.77. The molecule has 35 heavy (non-hydrogen) atoms. The van der Waals surface area contributed by atoms with Gasteiger partial charge in [-0.25, -0.2) is 0 Å². The number of rotatable bonds is 11. The number of furan rings is 1. The highest BCUT2D eigenvalue weighted by atomic mass is 16.5. The Labute approximate surface area is 205 Å². The molecule has 0 unspecified atom stereocenters. The van der Waals surface area contributed by atoms with Crippen molar-refractivity contribution in [2.45, 2.75) is 25.8 Å². The zero-order chi connectivity index (χ0) is 24.6. The minimum Gasteiger partial charge on any atom is -0.503 e. The number of allylic oxidation sites excluding steroid dienone is 1. The molecule has 0 saturated carbocycles.